The summed E-state index contributed by atoms with van der Waals surface area (Å²) in [5, 5.41) is 2.62. The molecule has 0 radical (unpaired) electrons. The summed E-state index contributed by atoms with van der Waals surface area (Å²) in [6, 6.07) is 3.99. The van der Waals surface area contributed by atoms with Crippen LogP contribution in [0.2, 0.25) is 0 Å². The van der Waals surface area contributed by atoms with Gasteiger partial charge in [-0.05, 0) is 18.4 Å². The minimum Gasteiger partial charge on any atom is -0.444 e. The van der Waals surface area contributed by atoms with Crippen LogP contribution < -0.4 is 5.73 Å². The van der Waals surface area contributed by atoms with E-state index >= 15 is 0 Å². The normalized spacial score (nSPS) is 11.0. The van der Waals surface area contributed by atoms with E-state index in [0.29, 0.717) is 11.0 Å². The van der Waals surface area contributed by atoms with Crippen molar-refractivity contribution in [2.45, 2.75) is 16.9 Å². The molecule has 0 atom stereocenters. The minimum absolute atomic E-state index is 0.611. The van der Waals surface area contributed by atoms with Gasteiger partial charge in [-0.15, -0.1) is 23.1 Å². The van der Waals surface area contributed by atoms with Gasteiger partial charge in [-0.2, -0.15) is 0 Å². The molecule has 0 unspecified atom stereocenters. The average Bonchev–Trinajstić information content (AvgIpc) is 3.07. The molecule has 0 saturated heterocycles. The summed E-state index contributed by atoms with van der Waals surface area (Å²) in [6.45, 7) is 1.97. The standard InChI is InChI=1S/C12H11N3OS3/c1-7-11(19-12(13)14-7)18-6-8-5-16-10(15-8)9-3-2-4-17-9/h2-5H,6H2,1H3,(H2,13,14). The molecule has 2 N–H and O–H groups in total. The number of nitrogens with two attached hydrogens (primary N) is 1. The van der Waals surface area contributed by atoms with Gasteiger partial charge in [0.15, 0.2) is 5.13 Å². The van der Waals surface area contributed by atoms with E-state index in [1.54, 1.807) is 29.4 Å². The highest BCUT2D eigenvalue weighted by atomic mass is 32.2. The quantitative estimate of drug-likeness (QED) is 0.737. The number of thiazole rings is 1. The van der Waals surface area contributed by atoms with Crippen molar-refractivity contribution in [3.63, 3.8) is 0 Å². The largest absolute Gasteiger partial charge is 0.444 e. The van der Waals surface area contributed by atoms with Gasteiger partial charge >= 0.3 is 0 Å². The van der Waals surface area contributed by atoms with Crippen molar-refractivity contribution in [3.05, 3.63) is 35.2 Å². The van der Waals surface area contributed by atoms with Crippen LogP contribution in [0.25, 0.3) is 10.8 Å². The molecule has 3 aromatic heterocycles. The minimum atomic E-state index is 0.611. The maximum atomic E-state index is 5.68. The zero-order valence-electron chi connectivity index (χ0n) is 10.1. The van der Waals surface area contributed by atoms with Crippen molar-refractivity contribution in [2.24, 2.45) is 0 Å². The molecule has 0 aliphatic carbocycles. The molecule has 3 heterocycles. The molecule has 4 nitrogen and oxygen atoms in total. The fraction of sp³-hybridized carbons (Fsp3) is 0.167. The van der Waals surface area contributed by atoms with Crippen LogP contribution in [-0.2, 0) is 5.75 Å². The van der Waals surface area contributed by atoms with E-state index < -0.39 is 0 Å². The Kier molecular flexibility index (Phi) is 3.58. The van der Waals surface area contributed by atoms with Crippen molar-refractivity contribution in [2.75, 3.05) is 5.73 Å². The van der Waals surface area contributed by atoms with E-state index in [0.717, 1.165) is 26.2 Å². The Hall–Kier alpha value is -1.31. The van der Waals surface area contributed by atoms with Crippen molar-refractivity contribution in [1.29, 1.82) is 0 Å². The second-order valence-electron chi connectivity index (χ2n) is 3.83. The third-order valence-corrected chi connectivity index (χ3v) is 5.65. The molecular formula is C12H11N3OS3. The lowest BCUT2D eigenvalue weighted by molar-refractivity contribution is 0.575. The molecular weight excluding hydrogens is 298 g/mol. The predicted molar refractivity (Wildman–Crippen MR) is 80.6 cm³/mol. The highest BCUT2D eigenvalue weighted by Crippen LogP contribution is 2.33. The molecule has 0 saturated carbocycles. The third-order valence-electron chi connectivity index (χ3n) is 2.41. The van der Waals surface area contributed by atoms with Crippen LogP contribution in [-0.4, -0.2) is 9.97 Å². The Balaban J connectivity index is 1.69. The summed E-state index contributed by atoms with van der Waals surface area (Å²) in [5.74, 6) is 1.45. The smallest absolute Gasteiger partial charge is 0.236 e. The number of rotatable bonds is 4. The summed E-state index contributed by atoms with van der Waals surface area (Å²) in [5.41, 5.74) is 7.59. The Bertz CT molecular complexity index is 672. The molecule has 0 spiro atoms. The van der Waals surface area contributed by atoms with Gasteiger partial charge in [0.2, 0.25) is 5.89 Å². The number of oxazole rings is 1. The summed E-state index contributed by atoms with van der Waals surface area (Å²) in [4.78, 5) is 9.73. The lowest BCUT2D eigenvalue weighted by Crippen LogP contribution is -1.82. The van der Waals surface area contributed by atoms with E-state index in [1.165, 1.54) is 11.3 Å². The molecule has 3 rings (SSSR count). The van der Waals surface area contributed by atoms with E-state index in [9.17, 15) is 0 Å². The highest BCUT2D eigenvalue weighted by molar-refractivity contribution is 8.00. The van der Waals surface area contributed by atoms with E-state index in [-0.39, 0.29) is 0 Å². The van der Waals surface area contributed by atoms with Crippen molar-refractivity contribution in [3.8, 4) is 10.8 Å². The van der Waals surface area contributed by atoms with E-state index in [4.69, 9.17) is 10.2 Å². The summed E-state index contributed by atoms with van der Waals surface area (Å²) < 4.78 is 6.62. The number of anilines is 1. The van der Waals surface area contributed by atoms with Crippen LogP contribution in [0.15, 0.2) is 32.4 Å². The zero-order chi connectivity index (χ0) is 13.2. The number of hydrogen-bond donors (Lipinski definition) is 1. The molecule has 0 fully saturated rings. The van der Waals surface area contributed by atoms with Gasteiger partial charge in [0, 0.05) is 5.75 Å². The zero-order valence-corrected chi connectivity index (χ0v) is 12.6. The monoisotopic (exact) mass is 309 g/mol. The number of aryl methyl sites for hydroxylation is 1. The van der Waals surface area contributed by atoms with Gasteiger partial charge in [-0.3, -0.25) is 0 Å². The highest BCUT2D eigenvalue weighted by Gasteiger charge is 2.10. The van der Waals surface area contributed by atoms with Gasteiger partial charge in [0.05, 0.1) is 20.5 Å². The maximum absolute atomic E-state index is 5.68. The molecule has 0 aliphatic heterocycles. The number of thioether (sulfide) groups is 1. The van der Waals surface area contributed by atoms with Crippen molar-refractivity contribution in [1.82, 2.24) is 9.97 Å². The Morgan fingerprint density at radius 1 is 1.42 bits per heavy atom. The molecule has 3 aromatic rings. The van der Waals surface area contributed by atoms with Crippen molar-refractivity contribution < 1.29 is 4.42 Å². The van der Waals surface area contributed by atoms with Gasteiger partial charge in [-0.1, -0.05) is 17.4 Å². The molecule has 0 bridgehead atoms. The fourth-order valence-electron chi connectivity index (χ4n) is 1.56. The lowest BCUT2D eigenvalue weighted by atomic mass is 10.5. The Labute approximate surface area is 122 Å². The Morgan fingerprint density at radius 2 is 2.32 bits per heavy atom. The molecule has 19 heavy (non-hydrogen) atoms. The second-order valence-corrected chi connectivity index (χ2v) is 7.06. The van der Waals surface area contributed by atoms with Gasteiger partial charge in [0.1, 0.15) is 6.26 Å². The van der Waals surface area contributed by atoms with Crippen molar-refractivity contribution >= 4 is 39.6 Å². The number of nitrogen functional groups attached to an aromatic ring is 1. The first-order chi connectivity index (χ1) is 9.22. The average molecular weight is 309 g/mol. The first kappa shape index (κ1) is 12.7. The fourth-order valence-corrected chi connectivity index (χ4v) is 4.12. The van der Waals surface area contributed by atoms with Crippen LogP contribution in [0.5, 0.6) is 0 Å². The number of nitrogens with zero attached hydrogens (tertiary/aromatic N) is 2. The van der Waals surface area contributed by atoms with Gasteiger partial charge in [-0.25, -0.2) is 9.97 Å². The van der Waals surface area contributed by atoms with E-state index in [1.807, 2.05) is 24.4 Å². The SMILES string of the molecule is Cc1nc(N)sc1SCc1coc(-c2cccs2)n1. The Morgan fingerprint density at radius 3 is 3.00 bits per heavy atom. The third kappa shape index (κ3) is 2.83. The number of aromatic nitrogens is 2. The second kappa shape index (κ2) is 5.36. The van der Waals surface area contributed by atoms with Crippen LogP contribution in [0.1, 0.15) is 11.4 Å². The van der Waals surface area contributed by atoms with Gasteiger partial charge in [0.25, 0.3) is 0 Å². The molecule has 0 aromatic carbocycles. The summed E-state index contributed by atoms with van der Waals surface area (Å²) in [7, 11) is 0. The molecule has 7 heteroatoms. The lowest BCUT2D eigenvalue weighted by Gasteiger charge is -1.94. The summed E-state index contributed by atoms with van der Waals surface area (Å²) >= 11 is 4.82. The topological polar surface area (TPSA) is 64.9 Å². The van der Waals surface area contributed by atoms with E-state index in [2.05, 4.69) is 9.97 Å². The van der Waals surface area contributed by atoms with Crippen LogP contribution in [0, 0.1) is 6.92 Å². The van der Waals surface area contributed by atoms with Crippen LogP contribution >= 0.6 is 34.4 Å². The molecule has 98 valence electrons. The predicted octanol–water partition coefficient (Wildman–Crippen LogP) is 4.04. The number of thiophene rings is 1. The first-order valence-corrected chi connectivity index (χ1v) is 8.24. The number of hydrogen-bond acceptors (Lipinski definition) is 7. The van der Waals surface area contributed by atoms with Crippen LogP contribution in [0.3, 0.4) is 0 Å². The van der Waals surface area contributed by atoms with Crippen LogP contribution in [0.4, 0.5) is 5.13 Å². The summed E-state index contributed by atoms with van der Waals surface area (Å²) in [6.07, 6.45) is 1.71. The maximum Gasteiger partial charge on any atom is 0.236 e. The molecule has 0 aliphatic rings. The van der Waals surface area contributed by atoms with Gasteiger partial charge < -0.3 is 10.2 Å². The molecule has 0 amide bonds. The first-order valence-electron chi connectivity index (χ1n) is 5.56.